The van der Waals surface area contributed by atoms with Crippen molar-refractivity contribution in [2.75, 3.05) is 6.61 Å². The lowest BCUT2D eigenvalue weighted by Crippen LogP contribution is -2.61. The lowest BCUT2D eigenvalue weighted by Gasteiger charge is -2.60. The van der Waals surface area contributed by atoms with Crippen LogP contribution in [-0.2, 0) is 4.79 Å². The van der Waals surface area contributed by atoms with Gasteiger partial charge in [-0.15, -0.1) is 0 Å². The first-order valence-corrected chi connectivity index (χ1v) is 10.1. The Labute approximate surface area is 155 Å². The summed E-state index contributed by atoms with van der Waals surface area (Å²) in [4.78, 5) is 12.4. The van der Waals surface area contributed by atoms with E-state index in [4.69, 9.17) is 0 Å². The van der Waals surface area contributed by atoms with Crippen molar-refractivity contribution in [3.63, 3.8) is 0 Å². The molecule has 146 valence electrons. The normalized spacial score (nSPS) is 53.3. The van der Waals surface area contributed by atoms with Crippen LogP contribution in [-0.4, -0.2) is 50.6 Å². The number of allylic oxidation sites excluding steroid dienone is 1. The van der Waals surface area contributed by atoms with Crippen LogP contribution in [0.25, 0.3) is 0 Å². The van der Waals surface area contributed by atoms with E-state index in [9.17, 15) is 25.2 Å². The summed E-state index contributed by atoms with van der Waals surface area (Å²) < 4.78 is 0. The Morgan fingerprint density at radius 2 is 1.96 bits per heavy atom. The van der Waals surface area contributed by atoms with Gasteiger partial charge in [0.2, 0.25) is 0 Å². The number of carbonyl (C=O) groups is 1. The van der Waals surface area contributed by atoms with Gasteiger partial charge in [-0.25, -0.2) is 0 Å². The number of Topliss-reactive ketones (excluding diaryl/α,β-unsaturated/α-hetero) is 1. The maximum atomic E-state index is 12.4. The van der Waals surface area contributed by atoms with E-state index in [1.54, 1.807) is 0 Å². The maximum Gasteiger partial charge on any atom is 0.190 e. The van der Waals surface area contributed by atoms with Crippen LogP contribution < -0.4 is 0 Å². The Morgan fingerprint density at radius 3 is 2.65 bits per heavy atom. The molecule has 0 unspecified atom stereocenters. The van der Waals surface area contributed by atoms with Crippen LogP contribution in [0.2, 0.25) is 0 Å². The molecule has 4 aliphatic carbocycles. The molecule has 0 amide bonds. The summed E-state index contributed by atoms with van der Waals surface area (Å²) in [6.07, 6.45) is 6.09. The molecule has 3 saturated carbocycles. The van der Waals surface area contributed by atoms with Crippen molar-refractivity contribution in [1.82, 2.24) is 0 Å². The third-order valence-corrected chi connectivity index (χ3v) is 8.77. The van der Waals surface area contributed by atoms with E-state index in [-0.39, 0.29) is 29.3 Å². The molecule has 26 heavy (non-hydrogen) atoms. The molecule has 8 atom stereocenters. The van der Waals surface area contributed by atoms with E-state index in [0.29, 0.717) is 19.3 Å². The van der Waals surface area contributed by atoms with Crippen LogP contribution in [0.5, 0.6) is 0 Å². The summed E-state index contributed by atoms with van der Waals surface area (Å²) in [5.41, 5.74) is -1.06. The first-order chi connectivity index (χ1) is 12.2. The highest BCUT2D eigenvalue weighted by Gasteiger charge is 2.67. The van der Waals surface area contributed by atoms with E-state index < -0.39 is 29.5 Å². The average Bonchev–Trinajstić information content (AvgIpc) is 2.86. The van der Waals surface area contributed by atoms with E-state index >= 15 is 0 Å². The van der Waals surface area contributed by atoms with Gasteiger partial charge >= 0.3 is 0 Å². The molecule has 0 aromatic heterocycles. The number of fused-ring (bicyclic) bond motifs is 5. The molecule has 0 spiro atoms. The fourth-order valence-corrected chi connectivity index (χ4v) is 7.37. The van der Waals surface area contributed by atoms with Gasteiger partial charge < -0.3 is 20.4 Å². The second-order valence-electron chi connectivity index (χ2n) is 9.74. The molecule has 4 N–H and O–H groups in total. The van der Waals surface area contributed by atoms with Crippen molar-refractivity contribution in [2.24, 2.45) is 28.6 Å². The minimum atomic E-state index is -1.54. The molecule has 0 aromatic carbocycles. The zero-order chi connectivity index (χ0) is 18.9. The largest absolute Gasteiger partial charge is 0.393 e. The predicted octanol–water partition coefficient (Wildman–Crippen LogP) is 1.57. The van der Waals surface area contributed by atoms with Crippen molar-refractivity contribution in [2.45, 2.75) is 76.6 Å². The first kappa shape index (κ1) is 18.6. The Bertz CT molecular complexity index is 644. The highest BCUT2D eigenvalue weighted by atomic mass is 16.3. The number of hydrogen-bond acceptors (Lipinski definition) is 5. The number of ketones is 1. The van der Waals surface area contributed by atoms with Crippen LogP contribution in [0.1, 0.15) is 58.8 Å². The average molecular weight is 364 g/mol. The zero-order valence-electron chi connectivity index (χ0n) is 15.8. The van der Waals surface area contributed by atoms with Crippen LogP contribution in [0.4, 0.5) is 0 Å². The highest BCUT2D eigenvalue weighted by Crippen LogP contribution is 2.67. The molecule has 0 radical (unpaired) electrons. The van der Waals surface area contributed by atoms with Gasteiger partial charge in [0.15, 0.2) is 5.78 Å². The van der Waals surface area contributed by atoms with E-state index in [0.717, 1.165) is 25.7 Å². The maximum absolute atomic E-state index is 12.4. The quantitative estimate of drug-likeness (QED) is 0.558. The molecule has 4 rings (SSSR count). The third-order valence-electron chi connectivity index (χ3n) is 8.77. The van der Waals surface area contributed by atoms with Crippen LogP contribution in [0, 0.1) is 28.6 Å². The van der Waals surface area contributed by atoms with Crippen LogP contribution in [0.3, 0.4) is 0 Å². The molecule has 4 aliphatic rings. The molecule has 5 nitrogen and oxygen atoms in total. The Kier molecular flexibility index (Phi) is 4.20. The van der Waals surface area contributed by atoms with Gasteiger partial charge in [0.25, 0.3) is 0 Å². The third kappa shape index (κ3) is 2.20. The summed E-state index contributed by atoms with van der Waals surface area (Å²) in [5, 5.41) is 41.8. The molecular weight excluding hydrogens is 332 g/mol. The van der Waals surface area contributed by atoms with Gasteiger partial charge in [-0.2, -0.15) is 0 Å². The summed E-state index contributed by atoms with van der Waals surface area (Å²) in [5.74, 6) is -0.00187. The molecule has 0 heterocycles. The van der Waals surface area contributed by atoms with E-state index in [1.807, 2.05) is 6.92 Å². The van der Waals surface area contributed by atoms with Gasteiger partial charge in [0.1, 0.15) is 12.2 Å². The summed E-state index contributed by atoms with van der Waals surface area (Å²) in [7, 11) is 0. The number of hydrogen-bond donors (Lipinski definition) is 4. The molecule has 0 aliphatic heterocycles. The molecule has 0 aromatic rings. The van der Waals surface area contributed by atoms with Gasteiger partial charge in [0, 0.05) is 5.41 Å². The van der Waals surface area contributed by atoms with Gasteiger partial charge in [-0.1, -0.05) is 25.5 Å². The van der Waals surface area contributed by atoms with Crippen molar-refractivity contribution in [3.8, 4) is 0 Å². The second kappa shape index (κ2) is 5.87. The number of aliphatic hydroxyl groups excluding tert-OH is 3. The predicted molar refractivity (Wildman–Crippen MR) is 96.1 cm³/mol. The topological polar surface area (TPSA) is 98.0 Å². The standard InChI is InChI=1S/C21H32O5/c1-19-7-5-13(23)9-12(19)3-4-14-15-6-8-21(26,17(25)11-22)20(15,2)10-16(24)18(14)19/h3,13-16,18,22-24,26H,4-11H2,1-2H3/t13-,14-,15-,16+,18+,19-,20-,21-/m0/s1. The highest BCUT2D eigenvalue weighted by molar-refractivity contribution is 5.89. The SMILES string of the molecule is C[C@]12CC[C@H](O)CC1=CC[C@@H]1[C@@H]2[C@H](O)C[C@@]2(C)[C@H]1CC[C@]2(O)C(=O)CO. The van der Waals surface area contributed by atoms with Gasteiger partial charge in [-0.05, 0) is 68.1 Å². The van der Waals surface area contributed by atoms with Crippen LogP contribution in [0.15, 0.2) is 11.6 Å². The summed E-state index contributed by atoms with van der Waals surface area (Å²) in [6.45, 7) is 3.51. The molecular formula is C21H32O5. The lowest BCUT2D eigenvalue weighted by atomic mass is 9.46. The minimum absolute atomic E-state index is 0.107. The lowest BCUT2D eigenvalue weighted by molar-refractivity contribution is -0.180. The van der Waals surface area contributed by atoms with E-state index in [2.05, 4.69) is 13.0 Å². The Hall–Kier alpha value is -0.750. The first-order valence-electron chi connectivity index (χ1n) is 10.1. The molecule has 0 saturated heterocycles. The van der Waals surface area contributed by atoms with Crippen molar-refractivity contribution in [1.29, 1.82) is 0 Å². The van der Waals surface area contributed by atoms with E-state index in [1.165, 1.54) is 5.57 Å². The fourth-order valence-electron chi connectivity index (χ4n) is 7.37. The fraction of sp³-hybridized carbons (Fsp3) is 0.857. The molecule has 3 fully saturated rings. The Balaban J connectivity index is 1.73. The van der Waals surface area contributed by atoms with Crippen molar-refractivity contribution >= 4 is 5.78 Å². The smallest absolute Gasteiger partial charge is 0.190 e. The minimum Gasteiger partial charge on any atom is -0.393 e. The number of rotatable bonds is 2. The van der Waals surface area contributed by atoms with Gasteiger partial charge in [0.05, 0.1) is 12.2 Å². The Morgan fingerprint density at radius 1 is 1.23 bits per heavy atom. The summed E-state index contributed by atoms with van der Waals surface area (Å²) >= 11 is 0. The van der Waals surface area contributed by atoms with Crippen molar-refractivity contribution < 1.29 is 25.2 Å². The zero-order valence-corrected chi connectivity index (χ0v) is 15.8. The summed E-state index contributed by atoms with van der Waals surface area (Å²) in [6, 6.07) is 0. The number of aliphatic hydroxyl groups is 4. The second-order valence-corrected chi connectivity index (χ2v) is 9.74. The van der Waals surface area contributed by atoms with Gasteiger partial charge in [-0.3, -0.25) is 4.79 Å². The number of carbonyl (C=O) groups excluding carboxylic acids is 1. The molecule has 0 bridgehead atoms. The molecule has 5 heteroatoms. The monoisotopic (exact) mass is 364 g/mol. The van der Waals surface area contributed by atoms with Crippen LogP contribution >= 0.6 is 0 Å². The van der Waals surface area contributed by atoms with Crippen molar-refractivity contribution in [3.05, 3.63) is 11.6 Å².